The minimum atomic E-state index is -0.0468. The van der Waals surface area contributed by atoms with Gasteiger partial charge in [0, 0.05) is 24.7 Å². The van der Waals surface area contributed by atoms with Crippen LogP contribution in [0.15, 0.2) is 36.5 Å². The van der Waals surface area contributed by atoms with Crippen molar-refractivity contribution in [1.82, 2.24) is 24.6 Å². The summed E-state index contributed by atoms with van der Waals surface area (Å²) in [6.07, 6.45) is 2.84. The average molecular weight is 365 g/mol. The van der Waals surface area contributed by atoms with Crippen molar-refractivity contribution in [1.29, 1.82) is 0 Å². The van der Waals surface area contributed by atoms with Gasteiger partial charge in [0.15, 0.2) is 11.6 Å². The summed E-state index contributed by atoms with van der Waals surface area (Å²) in [5.41, 5.74) is 0.806. The molecule has 0 bridgehead atoms. The Bertz CT molecular complexity index is 922. The summed E-state index contributed by atoms with van der Waals surface area (Å²) in [5.74, 6) is 1.58. The van der Waals surface area contributed by atoms with Gasteiger partial charge in [0.2, 0.25) is 0 Å². The minimum absolute atomic E-state index is 0.0468. The molecule has 0 N–H and O–H groups in total. The highest BCUT2D eigenvalue weighted by Gasteiger charge is 2.28. The Kier molecular flexibility index (Phi) is 5.18. The maximum atomic E-state index is 6.07. The smallest absolute Gasteiger partial charge is 0.200 e. The summed E-state index contributed by atoms with van der Waals surface area (Å²) in [7, 11) is 0. The Hall–Kier alpha value is -2.31. The van der Waals surface area contributed by atoms with E-state index in [1.165, 1.54) is 0 Å². The Labute approximate surface area is 160 Å². The van der Waals surface area contributed by atoms with E-state index in [4.69, 9.17) is 14.8 Å². The van der Waals surface area contributed by atoms with Gasteiger partial charge in [-0.05, 0) is 31.3 Å². The van der Waals surface area contributed by atoms with Crippen LogP contribution in [-0.4, -0.2) is 50.9 Å². The molecule has 27 heavy (non-hydrogen) atoms. The molecule has 142 valence electrons. The molecule has 2 atom stereocenters. The van der Waals surface area contributed by atoms with E-state index in [1.54, 1.807) is 0 Å². The SMILES string of the molecule is CCC(C)n1nc(-c2cc3ccccc3cn2)nc1C1CN(CC)CCO1. The number of benzene rings is 1. The van der Waals surface area contributed by atoms with Crippen molar-refractivity contribution in [2.75, 3.05) is 26.2 Å². The molecule has 1 aliphatic rings. The lowest BCUT2D eigenvalue weighted by Crippen LogP contribution is -2.39. The molecule has 2 unspecified atom stereocenters. The molecule has 0 radical (unpaired) electrons. The number of likely N-dealkylation sites (N-methyl/N-ethyl adjacent to an activating group) is 1. The van der Waals surface area contributed by atoms with Crippen LogP contribution in [0.3, 0.4) is 0 Å². The fraction of sp³-hybridized carbons (Fsp3) is 0.476. The third-order valence-electron chi connectivity index (χ3n) is 5.41. The van der Waals surface area contributed by atoms with Crippen LogP contribution in [0.4, 0.5) is 0 Å². The number of ether oxygens (including phenoxy) is 1. The highest BCUT2D eigenvalue weighted by Crippen LogP contribution is 2.27. The molecule has 3 heterocycles. The first kappa shape index (κ1) is 18.1. The van der Waals surface area contributed by atoms with Gasteiger partial charge in [0.1, 0.15) is 11.8 Å². The zero-order valence-electron chi connectivity index (χ0n) is 16.3. The van der Waals surface area contributed by atoms with Crippen molar-refractivity contribution in [3.05, 3.63) is 42.4 Å². The van der Waals surface area contributed by atoms with Gasteiger partial charge in [-0.25, -0.2) is 9.67 Å². The molecule has 6 nitrogen and oxygen atoms in total. The van der Waals surface area contributed by atoms with Crippen LogP contribution in [0.1, 0.15) is 45.2 Å². The molecule has 6 heteroatoms. The summed E-state index contributed by atoms with van der Waals surface area (Å²) in [6.45, 7) is 10.1. The van der Waals surface area contributed by atoms with Crippen LogP contribution in [0.5, 0.6) is 0 Å². The molecule has 1 saturated heterocycles. The maximum absolute atomic E-state index is 6.07. The fourth-order valence-corrected chi connectivity index (χ4v) is 3.51. The van der Waals surface area contributed by atoms with E-state index >= 15 is 0 Å². The molecular weight excluding hydrogens is 338 g/mol. The molecule has 0 amide bonds. The molecule has 1 aliphatic heterocycles. The second-order valence-corrected chi connectivity index (χ2v) is 7.16. The fourth-order valence-electron chi connectivity index (χ4n) is 3.51. The number of hydrogen-bond acceptors (Lipinski definition) is 5. The summed E-state index contributed by atoms with van der Waals surface area (Å²) >= 11 is 0. The molecule has 2 aromatic heterocycles. The van der Waals surface area contributed by atoms with Crippen molar-refractivity contribution in [2.45, 2.75) is 39.3 Å². The van der Waals surface area contributed by atoms with Crippen LogP contribution < -0.4 is 0 Å². The van der Waals surface area contributed by atoms with Crippen molar-refractivity contribution >= 4 is 10.8 Å². The Balaban J connectivity index is 1.74. The second kappa shape index (κ2) is 7.74. The number of aromatic nitrogens is 4. The molecular formula is C21H27N5O. The van der Waals surface area contributed by atoms with Gasteiger partial charge < -0.3 is 4.74 Å². The Morgan fingerprint density at radius 1 is 1.22 bits per heavy atom. The largest absolute Gasteiger partial charge is 0.368 e. The molecule has 0 spiro atoms. The van der Waals surface area contributed by atoms with Gasteiger partial charge >= 0.3 is 0 Å². The summed E-state index contributed by atoms with van der Waals surface area (Å²) in [4.78, 5) is 11.9. The number of morpholine rings is 1. The summed E-state index contributed by atoms with van der Waals surface area (Å²) in [5, 5.41) is 7.10. The van der Waals surface area contributed by atoms with Crippen molar-refractivity contribution in [2.24, 2.45) is 0 Å². The van der Waals surface area contributed by atoms with Gasteiger partial charge in [-0.15, -0.1) is 5.10 Å². The normalized spacial score (nSPS) is 19.4. The molecule has 3 aromatic rings. The first-order valence-corrected chi connectivity index (χ1v) is 9.85. The number of hydrogen-bond donors (Lipinski definition) is 0. The van der Waals surface area contributed by atoms with Crippen molar-refractivity contribution in [3.63, 3.8) is 0 Å². The zero-order valence-corrected chi connectivity index (χ0v) is 16.3. The van der Waals surface area contributed by atoms with Crippen LogP contribution in [0.25, 0.3) is 22.3 Å². The van der Waals surface area contributed by atoms with Gasteiger partial charge in [-0.1, -0.05) is 38.1 Å². The molecule has 1 aromatic carbocycles. The predicted molar refractivity (Wildman–Crippen MR) is 107 cm³/mol. The first-order valence-electron chi connectivity index (χ1n) is 9.85. The highest BCUT2D eigenvalue weighted by molar-refractivity contribution is 5.84. The zero-order chi connectivity index (χ0) is 18.8. The minimum Gasteiger partial charge on any atom is -0.368 e. The van der Waals surface area contributed by atoms with E-state index in [9.17, 15) is 0 Å². The molecule has 0 aliphatic carbocycles. The third-order valence-corrected chi connectivity index (χ3v) is 5.41. The molecule has 1 fully saturated rings. The van der Waals surface area contributed by atoms with E-state index in [-0.39, 0.29) is 12.1 Å². The maximum Gasteiger partial charge on any atom is 0.200 e. The number of rotatable bonds is 5. The topological polar surface area (TPSA) is 56.1 Å². The van der Waals surface area contributed by atoms with Crippen molar-refractivity contribution in [3.8, 4) is 11.5 Å². The van der Waals surface area contributed by atoms with Gasteiger partial charge in [-0.2, -0.15) is 0 Å². The summed E-state index contributed by atoms with van der Waals surface area (Å²) in [6, 6.07) is 10.6. The van der Waals surface area contributed by atoms with Crippen LogP contribution >= 0.6 is 0 Å². The van der Waals surface area contributed by atoms with E-state index in [0.29, 0.717) is 5.82 Å². The van der Waals surface area contributed by atoms with E-state index in [0.717, 1.165) is 55.0 Å². The second-order valence-electron chi connectivity index (χ2n) is 7.16. The van der Waals surface area contributed by atoms with Crippen LogP contribution in [0.2, 0.25) is 0 Å². The Morgan fingerprint density at radius 2 is 2.04 bits per heavy atom. The predicted octanol–water partition coefficient (Wildman–Crippen LogP) is 3.86. The standard InChI is InChI=1S/C21H27N5O/c1-4-15(3)26-21(19-14-25(5-2)10-11-27-19)23-20(24-26)18-12-16-8-6-7-9-17(16)13-22-18/h6-9,12-13,15,19H,4-5,10-11,14H2,1-3H3. The first-order chi connectivity index (χ1) is 13.2. The lowest BCUT2D eigenvalue weighted by molar-refractivity contribution is -0.0352. The van der Waals surface area contributed by atoms with E-state index < -0.39 is 0 Å². The van der Waals surface area contributed by atoms with Gasteiger partial charge in [0.05, 0.1) is 12.6 Å². The van der Waals surface area contributed by atoms with E-state index in [1.807, 2.05) is 23.0 Å². The monoisotopic (exact) mass is 365 g/mol. The molecule has 4 rings (SSSR count). The highest BCUT2D eigenvalue weighted by atomic mass is 16.5. The van der Waals surface area contributed by atoms with Crippen LogP contribution in [-0.2, 0) is 4.74 Å². The molecule has 0 saturated carbocycles. The quantitative estimate of drug-likeness (QED) is 0.687. The Morgan fingerprint density at radius 3 is 2.81 bits per heavy atom. The number of pyridine rings is 1. The third kappa shape index (κ3) is 3.59. The van der Waals surface area contributed by atoms with Crippen LogP contribution in [0, 0.1) is 0 Å². The lowest BCUT2D eigenvalue weighted by Gasteiger charge is -2.32. The summed E-state index contributed by atoms with van der Waals surface area (Å²) < 4.78 is 8.10. The van der Waals surface area contributed by atoms with Crippen molar-refractivity contribution < 1.29 is 4.74 Å². The van der Waals surface area contributed by atoms with Gasteiger partial charge in [-0.3, -0.25) is 9.88 Å². The number of nitrogens with zero attached hydrogens (tertiary/aromatic N) is 5. The number of fused-ring (bicyclic) bond motifs is 1. The average Bonchev–Trinajstić information content (AvgIpc) is 3.18. The lowest BCUT2D eigenvalue weighted by atomic mass is 10.1. The van der Waals surface area contributed by atoms with E-state index in [2.05, 4.69) is 48.9 Å². The van der Waals surface area contributed by atoms with Gasteiger partial charge in [0.25, 0.3) is 0 Å².